The molecule has 0 atom stereocenters. The minimum atomic E-state index is -0.498. The van der Waals surface area contributed by atoms with E-state index in [-0.39, 0.29) is 19.0 Å². The molecule has 0 spiro atoms. The van der Waals surface area contributed by atoms with Crippen LogP contribution in [0.15, 0.2) is 52.3 Å². The number of carbonyl (C=O) groups is 2. The summed E-state index contributed by atoms with van der Waals surface area (Å²) in [4.78, 5) is 26.0. The average molecular weight is 314 g/mol. The molecule has 1 aliphatic heterocycles. The van der Waals surface area contributed by atoms with Crippen molar-refractivity contribution in [2.45, 2.75) is 16.2 Å². The van der Waals surface area contributed by atoms with E-state index < -0.39 is 5.97 Å². The van der Waals surface area contributed by atoms with Gasteiger partial charge < -0.3 is 9.84 Å². The third-order valence-corrected chi connectivity index (χ3v) is 4.56. The highest BCUT2D eigenvalue weighted by Gasteiger charge is 2.21. The van der Waals surface area contributed by atoms with Crippen molar-refractivity contribution in [2.75, 3.05) is 13.2 Å². The molecule has 2 aromatic rings. The molecule has 0 amide bonds. The molecule has 1 N–H and O–H groups in total. The molecule has 0 aromatic heterocycles. The number of rotatable bonds is 3. The van der Waals surface area contributed by atoms with Crippen molar-refractivity contribution in [2.24, 2.45) is 0 Å². The molecule has 0 saturated carbocycles. The lowest BCUT2D eigenvalue weighted by Crippen LogP contribution is -2.10. The zero-order valence-electron chi connectivity index (χ0n) is 11.7. The zero-order chi connectivity index (χ0) is 15.5. The van der Waals surface area contributed by atoms with Gasteiger partial charge in [0, 0.05) is 21.8 Å². The minimum absolute atomic E-state index is 0.0369. The molecule has 5 heteroatoms. The van der Waals surface area contributed by atoms with E-state index in [0.29, 0.717) is 17.5 Å². The van der Waals surface area contributed by atoms with Gasteiger partial charge in [-0.15, -0.1) is 0 Å². The van der Waals surface area contributed by atoms with E-state index in [4.69, 9.17) is 9.84 Å². The van der Waals surface area contributed by atoms with Crippen LogP contribution in [-0.4, -0.2) is 30.1 Å². The number of aliphatic hydroxyl groups is 1. The van der Waals surface area contributed by atoms with E-state index in [0.717, 1.165) is 15.4 Å². The first-order chi connectivity index (χ1) is 10.7. The number of ketones is 1. The third-order valence-electron chi connectivity index (χ3n) is 3.39. The quantitative estimate of drug-likeness (QED) is 0.883. The Bertz CT molecular complexity index is 739. The van der Waals surface area contributed by atoms with Crippen molar-refractivity contribution in [3.05, 3.63) is 59.2 Å². The highest BCUT2D eigenvalue weighted by molar-refractivity contribution is 7.99. The van der Waals surface area contributed by atoms with Crippen molar-refractivity contribution in [3.8, 4) is 0 Å². The molecule has 0 saturated heterocycles. The van der Waals surface area contributed by atoms with Crippen molar-refractivity contribution in [1.82, 2.24) is 0 Å². The van der Waals surface area contributed by atoms with Crippen LogP contribution < -0.4 is 0 Å². The SMILES string of the molecule is O=C(OCCO)c1ccc2c(c1)Sc1ccccc1CC2=O. The molecule has 1 aliphatic rings. The minimum Gasteiger partial charge on any atom is -0.460 e. The Morgan fingerprint density at radius 1 is 1.18 bits per heavy atom. The summed E-state index contributed by atoms with van der Waals surface area (Å²) in [6.07, 6.45) is 0.366. The Labute approximate surface area is 132 Å². The van der Waals surface area contributed by atoms with E-state index in [2.05, 4.69) is 0 Å². The van der Waals surface area contributed by atoms with Gasteiger partial charge in [-0.2, -0.15) is 0 Å². The van der Waals surface area contributed by atoms with Gasteiger partial charge in [0.05, 0.1) is 12.2 Å². The maximum Gasteiger partial charge on any atom is 0.338 e. The van der Waals surface area contributed by atoms with Gasteiger partial charge >= 0.3 is 5.97 Å². The van der Waals surface area contributed by atoms with Gasteiger partial charge in [0.2, 0.25) is 0 Å². The van der Waals surface area contributed by atoms with E-state index in [9.17, 15) is 9.59 Å². The van der Waals surface area contributed by atoms with Gasteiger partial charge in [0.1, 0.15) is 6.61 Å². The molecule has 3 rings (SSSR count). The predicted octanol–water partition coefficient (Wildman–Crippen LogP) is 2.73. The second-order valence-electron chi connectivity index (χ2n) is 4.88. The summed E-state index contributed by atoms with van der Waals surface area (Å²) in [6.45, 7) is -0.248. The molecule has 22 heavy (non-hydrogen) atoms. The highest BCUT2D eigenvalue weighted by atomic mass is 32.2. The van der Waals surface area contributed by atoms with Crippen LogP contribution in [0.1, 0.15) is 26.3 Å². The largest absolute Gasteiger partial charge is 0.460 e. The lowest BCUT2D eigenvalue weighted by molar-refractivity contribution is 0.0433. The van der Waals surface area contributed by atoms with Crippen LogP contribution >= 0.6 is 11.8 Å². The van der Waals surface area contributed by atoms with Gasteiger partial charge in [-0.1, -0.05) is 30.0 Å². The van der Waals surface area contributed by atoms with Crippen LogP contribution in [-0.2, 0) is 11.2 Å². The smallest absolute Gasteiger partial charge is 0.338 e. The Balaban J connectivity index is 1.97. The third kappa shape index (κ3) is 2.91. The molecule has 0 unspecified atom stereocenters. The maximum absolute atomic E-state index is 12.4. The van der Waals surface area contributed by atoms with Crippen molar-refractivity contribution in [1.29, 1.82) is 0 Å². The van der Waals surface area contributed by atoms with E-state index in [1.165, 1.54) is 11.8 Å². The number of benzene rings is 2. The molecule has 112 valence electrons. The monoisotopic (exact) mass is 314 g/mol. The molecule has 0 fully saturated rings. The fourth-order valence-corrected chi connectivity index (χ4v) is 3.45. The Morgan fingerprint density at radius 2 is 2.00 bits per heavy atom. The van der Waals surface area contributed by atoms with Crippen LogP contribution in [0.3, 0.4) is 0 Å². The molecule has 2 aromatic carbocycles. The number of ether oxygens (including phenoxy) is 1. The number of carbonyl (C=O) groups excluding carboxylic acids is 2. The topological polar surface area (TPSA) is 63.6 Å². The molecular formula is C17H14O4S. The molecule has 0 radical (unpaired) electrons. The number of hydrogen-bond acceptors (Lipinski definition) is 5. The summed E-state index contributed by atoms with van der Waals surface area (Å²) >= 11 is 1.48. The summed E-state index contributed by atoms with van der Waals surface area (Å²) in [5.41, 5.74) is 2.00. The van der Waals surface area contributed by atoms with E-state index in [1.807, 2.05) is 24.3 Å². The van der Waals surface area contributed by atoms with Crippen molar-refractivity contribution >= 4 is 23.5 Å². The number of aliphatic hydroxyl groups excluding tert-OH is 1. The second-order valence-corrected chi connectivity index (χ2v) is 5.96. The molecule has 0 bridgehead atoms. The van der Waals surface area contributed by atoms with Gasteiger partial charge in [0.15, 0.2) is 5.78 Å². The number of Topliss-reactive ketones (excluding diaryl/α,β-unsaturated/α-hetero) is 1. The van der Waals surface area contributed by atoms with Crippen LogP contribution in [0.4, 0.5) is 0 Å². The van der Waals surface area contributed by atoms with Crippen LogP contribution in [0.25, 0.3) is 0 Å². The van der Waals surface area contributed by atoms with Gasteiger partial charge in [-0.3, -0.25) is 4.79 Å². The Morgan fingerprint density at radius 3 is 2.82 bits per heavy atom. The molecule has 1 heterocycles. The first-order valence-corrected chi connectivity index (χ1v) is 7.71. The Hall–Kier alpha value is -2.11. The summed E-state index contributed by atoms with van der Waals surface area (Å²) in [5.74, 6) is -0.454. The lowest BCUT2D eigenvalue weighted by atomic mass is 10.0. The fourth-order valence-electron chi connectivity index (χ4n) is 2.32. The standard InChI is InChI=1S/C17H14O4S/c18-7-8-21-17(20)12-5-6-13-14(19)9-11-3-1-2-4-15(11)22-16(13)10-12/h1-6,10,18H,7-9H2. The number of hydrogen-bond donors (Lipinski definition) is 1. The second kappa shape index (κ2) is 6.34. The first-order valence-electron chi connectivity index (χ1n) is 6.90. The normalized spacial score (nSPS) is 13.0. The lowest BCUT2D eigenvalue weighted by Gasteiger charge is -2.08. The van der Waals surface area contributed by atoms with Gasteiger partial charge in [0.25, 0.3) is 0 Å². The molecular weight excluding hydrogens is 300 g/mol. The van der Waals surface area contributed by atoms with Gasteiger partial charge in [-0.05, 0) is 29.8 Å². The van der Waals surface area contributed by atoms with E-state index >= 15 is 0 Å². The summed E-state index contributed by atoms with van der Waals surface area (Å²) in [6, 6.07) is 12.7. The first kappa shape index (κ1) is 14.8. The van der Waals surface area contributed by atoms with Gasteiger partial charge in [-0.25, -0.2) is 4.79 Å². The van der Waals surface area contributed by atoms with Crippen LogP contribution in [0, 0.1) is 0 Å². The highest BCUT2D eigenvalue weighted by Crippen LogP contribution is 2.37. The van der Waals surface area contributed by atoms with Crippen LogP contribution in [0.2, 0.25) is 0 Å². The molecule has 4 nitrogen and oxygen atoms in total. The average Bonchev–Trinajstić information content (AvgIpc) is 2.67. The number of esters is 1. The number of fused-ring (bicyclic) bond motifs is 2. The van der Waals surface area contributed by atoms with Crippen LogP contribution in [0.5, 0.6) is 0 Å². The molecule has 0 aliphatic carbocycles. The summed E-state index contributed by atoms with van der Waals surface area (Å²) in [5, 5.41) is 8.71. The van der Waals surface area contributed by atoms with Crippen molar-refractivity contribution in [3.63, 3.8) is 0 Å². The predicted molar refractivity (Wildman–Crippen MR) is 82.4 cm³/mol. The Kier molecular flexibility index (Phi) is 4.27. The van der Waals surface area contributed by atoms with Crippen molar-refractivity contribution < 1.29 is 19.4 Å². The summed E-state index contributed by atoms with van der Waals surface area (Å²) < 4.78 is 4.91. The fraction of sp³-hybridized carbons (Fsp3) is 0.176. The summed E-state index contributed by atoms with van der Waals surface area (Å²) in [7, 11) is 0. The maximum atomic E-state index is 12.4. The zero-order valence-corrected chi connectivity index (χ0v) is 12.6. The van der Waals surface area contributed by atoms with E-state index in [1.54, 1.807) is 18.2 Å².